The smallest absolute Gasteiger partial charge is 0.374 e. The summed E-state index contributed by atoms with van der Waals surface area (Å²) in [4.78, 5) is 105. The molecule has 6 N–H and O–H groups in total. The summed E-state index contributed by atoms with van der Waals surface area (Å²) in [6.07, 6.45) is 6.31. The largest absolute Gasteiger partial charge is 0.466 e. The third-order valence-corrected chi connectivity index (χ3v) is 22.9. The fourth-order valence-corrected chi connectivity index (χ4v) is 16.4. The maximum Gasteiger partial charge on any atom is 0.374 e. The number of aliphatic hydroxyl groups is 6. The summed E-state index contributed by atoms with van der Waals surface area (Å²) in [7, 11) is 2.41. The van der Waals surface area contributed by atoms with Crippen LogP contribution in [0.4, 0.5) is 0 Å². The van der Waals surface area contributed by atoms with Crippen LogP contribution >= 0.6 is 0 Å². The Balaban J connectivity index is 0.000000328. The summed E-state index contributed by atoms with van der Waals surface area (Å²) >= 11 is 0. The molecule has 0 spiro atoms. The molecule has 31 nitrogen and oxygen atoms in total. The molecule has 10 rings (SSSR count). The first-order valence-electron chi connectivity index (χ1n) is 42.4. The van der Waals surface area contributed by atoms with Crippen molar-refractivity contribution in [3.63, 3.8) is 0 Å². The van der Waals surface area contributed by atoms with Gasteiger partial charge >= 0.3 is 47.8 Å². The number of hydrogen-bond acceptors (Lipinski definition) is 31. The predicted octanol–water partition coefficient (Wildman–Crippen LogP) is 11.2. The molecule has 6 saturated heterocycles. The van der Waals surface area contributed by atoms with Gasteiger partial charge in [-0.3, -0.25) is 19.2 Å². The number of fused-ring (bicyclic) bond motifs is 12. The van der Waals surface area contributed by atoms with Gasteiger partial charge in [-0.15, -0.1) is 0 Å². The lowest BCUT2D eigenvalue weighted by atomic mass is 9.74. The van der Waals surface area contributed by atoms with Crippen LogP contribution in [-0.2, 0) is 105 Å². The van der Waals surface area contributed by atoms with E-state index in [0.717, 1.165) is 57.4 Å². The van der Waals surface area contributed by atoms with Gasteiger partial charge in [0, 0.05) is 100 Å². The SMILES string of the molecule is C.C.CCCCCCCC(=O)O[C@H]1/C(=C/C(=O)OC)C[C@H]2C[C@H](CO)OC(=O)C[C@H](O)C[C@@H]3C[C@H](OC(=O)c4ccccc4)C[C@H](C[C@@H]4CCO[C@H](/C=C/C(C)(C)[C@]1(O)O2)O4)O3.CCCCCCCC(=O)O[C@H]1/C(=C/C(=O)OC)C[C@H]2C[C@H](CO)OC(=O)C[C@H](O)C[C@@H]3C[C@H](OC(=O)c4ccco4)C[C@H](C[C@@H]4CCO[C@H](/C=C/C(C)(C)[C@]1(O)O2)O4)O3. The summed E-state index contributed by atoms with van der Waals surface area (Å²) in [5.74, 6) is -9.91. The molecule has 20 atom stereocenters. The minimum atomic E-state index is -2.31. The third-order valence-electron chi connectivity index (χ3n) is 22.9. The van der Waals surface area contributed by atoms with Gasteiger partial charge in [-0.05, 0) is 86.1 Å². The van der Waals surface area contributed by atoms with Gasteiger partial charge < -0.3 is 111 Å². The summed E-state index contributed by atoms with van der Waals surface area (Å²) in [5.41, 5.74) is -1.89. The van der Waals surface area contributed by atoms with Gasteiger partial charge in [0.2, 0.25) is 17.3 Å². The maximum atomic E-state index is 13.4. The second kappa shape index (κ2) is 48.8. The summed E-state index contributed by atoms with van der Waals surface area (Å²) in [6.45, 7) is 10.3. The fraction of sp³-hybridized carbons (Fsp3) is 0.711. The van der Waals surface area contributed by atoms with E-state index in [9.17, 15) is 69.0 Å². The zero-order valence-electron chi connectivity index (χ0n) is 70.0. The van der Waals surface area contributed by atoms with Gasteiger partial charge in [-0.1, -0.05) is 138 Å². The van der Waals surface area contributed by atoms with Crippen LogP contribution in [0.3, 0.4) is 0 Å². The summed E-state index contributed by atoms with van der Waals surface area (Å²) in [6, 6.07) is 11.8. The van der Waals surface area contributed by atoms with Crippen molar-refractivity contribution < 1.29 is 149 Å². The van der Waals surface area contributed by atoms with Crippen molar-refractivity contribution in [2.24, 2.45) is 10.8 Å². The van der Waals surface area contributed by atoms with Crippen LogP contribution in [0.1, 0.15) is 257 Å². The lowest BCUT2D eigenvalue weighted by Crippen LogP contribution is -2.62. The molecule has 8 aliphatic heterocycles. The third kappa shape index (κ3) is 30.2. The molecule has 0 saturated carbocycles. The molecular weight excluding hydrogens is 1580 g/mol. The Hall–Kier alpha value is -7.34. The van der Waals surface area contributed by atoms with Gasteiger partial charge in [-0.2, -0.15) is 0 Å². The molecular formula is C90H134O31. The maximum absolute atomic E-state index is 13.4. The van der Waals surface area contributed by atoms with Gasteiger partial charge in [-0.25, -0.2) is 19.2 Å². The number of rotatable bonds is 22. The first kappa shape index (κ1) is 101. The van der Waals surface area contributed by atoms with Crippen molar-refractivity contribution in [3.8, 4) is 0 Å². The normalized spacial score (nSPS) is 33.4. The zero-order chi connectivity index (χ0) is 85.9. The number of hydrogen-bond donors (Lipinski definition) is 6. The Labute approximate surface area is 711 Å². The van der Waals surface area contributed by atoms with Crippen molar-refractivity contribution in [1.82, 2.24) is 0 Å². The Bertz CT molecular complexity index is 3680. The number of ether oxygens (including phenoxy) is 16. The first-order chi connectivity index (χ1) is 56.9. The van der Waals surface area contributed by atoms with Crippen LogP contribution in [0.2, 0.25) is 0 Å². The highest BCUT2D eigenvalue weighted by Gasteiger charge is 2.60. The molecule has 6 fully saturated rings. The minimum absolute atomic E-state index is 0. The molecule has 680 valence electrons. The molecule has 0 aliphatic carbocycles. The highest BCUT2D eigenvalue weighted by molar-refractivity contribution is 5.89. The van der Waals surface area contributed by atoms with Crippen LogP contribution in [0.25, 0.3) is 0 Å². The Kier molecular flexibility index (Phi) is 40.6. The van der Waals surface area contributed by atoms with Crippen LogP contribution in [0.15, 0.2) is 101 Å². The Morgan fingerprint density at radius 1 is 0.479 bits per heavy atom. The van der Waals surface area contributed by atoms with Crippen LogP contribution in [-0.4, -0.2) is 241 Å². The van der Waals surface area contributed by atoms with Gasteiger partial charge in [0.15, 0.2) is 24.8 Å². The fourth-order valence-electron chi connectivity index (χ4n) is 16.4. The van der Waals surface area contributed by atoms with E-state index in [4.69, 9.17) is 80.2 Å². The minimum Gasteiger partial charge on any atom is -0.466 e. The highest BCUT2D eigenvalue weighted by atomic mass is 16.7. The number of esters is 8. The van der Waals surface area contributed by atoms with Crippen molar-refractivity contribution in [3.05, 3.63) is 108 Å². The number of carbonyl (C=O) groups excluding carboxylic acids is 8. The number of methoxy groups -OCH3 is 2. The standard InChI is InChI=1S/C45H64O15.C43H62O16.2CH4/c1-5-6-7-8-12-15-38(48)59-42-30(21-39(49)53-4)20-36-27-37(28-46)56-40(50)23-31(47)22-33-25-35(58-43(51)29-13-10-9-11-14-29)26-34(55-33)24-32-17-19-54-41(57-32)16-18-44(2,3)45(42,52)60-36;1-5-6-7-8-9-12-36(46)58-40-27(19-37(47)51-4)18-33-25-34(26-44)55-38(48)21-28(45)20-30-23-32(57-41(49)35-11-10-16-52-35)24-31(54-30)22-29-14-17-53-39(56-29)13-15-42(2,3)43(40,50)59-33;;/h9-11,13-14,16,18,21,31-37,41-42,46-47,52H,5-8,12,15,17,19-20,22-28H2,1-4H3;10-11,13,15-16,19,28-34,39-40,44-45,50H,5-9,12,14,17-18,20-26H2,1-4H3;2*1H4/b18-16+,30-21+;15-13+,27-19+;;/t31-,32+,33-,34+,35+,36+,37-,41+,42+,45-;28-,29+,30-,31+,32+,33+,34-,39+,40+,43-;;/m11../s1. The molecule has 121 heavy (non-hydrogen) atoms. The van der Waals surface area contributed by atoms with E-state index in [2.05, 4.69) is 13.8 Å². The molecule has 8 aliphatic rings. The van der Waals surface area contributed by atoms with E-state index in [1.165, 1.54) is 32.6 Å². The lowest BCUT2D eigenvalue weighted by molar-refractivity contribution is -0.327. The second-order valence-corrected chi connectivity index (χ2v) is 33.4. The number of cyclic esters (lactones) is 2. The van der Waals surface area contributed by atoms with Gasteiger partial charge in [0.1, 0.15) is 24.4 Å². The first-order valence-corrected chi connectivity index (χ1v) is 42.4. The number of unbranched alkanes of at least 4 members (excludes halogenated alkanes) is 8. The van der Waals surface area contributed by atoms with Crippen LogP contribution in [0.5, 0.6) is 0 Å². The molecule has 31 heteroatoms. The number of benzene rings is 1. The molecule has 0 radical (unpaired) electrons. The van der Waals surface area contributed by atoms with Crippen LogP contribution < -0.4 is 0 Å². The van der Waals surface area contributed by atoms with Crippen LogP contribution in [0, 0.1) is 10.8 Å². The Morgan fingerprint density at radius 2 is 0.893 bits per heavy atom. The topological polar surface area (TPSA) is 419 Å². The quantitative estimate of drug-likeness (QED) is 0.0210. The molecule has 0 amide bonds. The van der Waals surface area contributed by atoms with E-state index in [0.29, 0.717) is 76.6 Å². The Morgan fingerprint density at radius 3 is 1.29 bits per heavy atom. The van der Waals surface area contributed by atoms with E-state index >= 15 is 0 Å². The average Bonchev–Trinajstić information content (AvgIpc) is 0.786. The predicted molar refractivity (Wildman–Crippen MR) is 436 cm³/mol. The molecule has 0 unspecified atom stereocenters. The average molecular weight is 1710 g/mol. The number of carbonyl (C=O) groups is 8. The molecule has 9 heterocycles. The lowest BCUT2D eigenvalue weighted by Gasteiger charge is -2.51. The van der Waals surface area contributed by atoms with E-state index in [-0.39, 0.29) is 102 Å². The van der Waals surface area contributed by atoms with E-state index in [1.54, 1.807) is 82.3 Å². The summed E-state index contributed by atoms with van der Waals surface area (Å²) in [5, 5.41) is 68.4. The monoisotopic (exact) mass is 1710 g/mol. The van der Waals surface area contributed by atoms with E-state index in [1.807, 2.05) is 6.07 Å². The molecule has 1 aromatic carbocycles. The zero-order valence-corrected chi connectivity index (χ0v) is 70.0. The van der Waals surface area contributed by atoms with Gasteiger partial charge in [0.25, 0.3) is 0 Å². The molecule has 1 aromatic heterocycles. The number of aliphatic hydroxyl groups excluding tert-OH is 4. The summed E-state index contributed by atoms with van der Waals surface area (Å²) < 4.78 is 100. The van der Waals surface area contributed by atoms with Gasteiger partial charge in [0.05, 0.1) is 126 Å². The number of furan rings is 1. The van der Waals surface area contributed by atoms with Crippen molar-refractivity contribution >= 4 is 47.8 Å². The second-order valence-electron chi connectivity index (χ2n) is 33.4. The van der Waals surface area contributed by atoms with E-state index < -0.39 is 194 Å². The van der Waals surface area contributed by atoms with Crippen molar-refractivity contribution in [2.45, 2.75) is 358 Å². The highest BCUT2D eigenvalue weighted by Crippen LogP contribution is 2.49. The van der Waals surface area contributed by atoms with Crippen molar-refractivity contribution in [1.29, 1.82) is 0 Å². The molecule has 12 bridgehead atoms. The van der Waals surface area contributed by atoms with Crippen molar-refractivity contribution in [2.75, 3.05) is 40.6 Å². The molecule has 2 aromatic rings.